The molecule has 0 aliphatic carbocycles. The van der Waals surface area contributed by atoms with Gasteiger partial charge in [-0.2, -0.15) is 0 Å². The molecule has 0 bridgehead atoms. The van der Waals surface area contributed by atoms with E-state index < -0.39 is 5.60 Å². The fourth-order valence-corrected chi connectivity index (χ4v) is 3.59. The smallest absolute Gasteiger partial charge is 0.0648 e. The van der Waals surface area contributed by atoms with Gasteiger partial charge in [-0.25, -0.2) is 0 Å². The summed E-state index contributed by atoms with van der Waals surface area (Å²) >= 11 is 0. The fourth-order valence-electron chi connectivity index (χ4n) is 3.59. The first-order valence-corrected chi connectivity index (χ1v) is 11.2. The number of rotatable bonds is 19. The van der Waals surface area contributed by atoms with Crippen molar-refractivity contribution in [2.24, 2.45) is 0 Å². The molecule has 0 heterocycles. The van der Waals surface area contributed by atoms with Crippen molar-refractivity contribution in [3.63, 3.8) is 0 Å². The van der Waals surface area contributed by atoms with Gasteiger partial charge < -0.3 is 5.11 Å². The van der Waals surface area contributed by atoms with Gasteiger partial charge in [-0.05, 0) is 19.8 Å². The molecule has 0 saturated carbocycles. The third kappa shape index (κ3) is 18.3. The molecule has 0 amide bonds. The van der Waals surface area contributed by atoms with Gasteiger partial charge in [0.05, 0.1) is 5.60 Å². The van der Waals surface area contributed by atoms with Crippen LogP contribution < -0.4 is 0 Å². The average molecular weight is 340 g/mol. The molecule has 0 fully saturated rings. The fraction of sp³-hybridized carbons (Fsp3) is 0.957. The van der Waals surface area contributed by atoms with Crippen LogP contribution in [-0.4, -0.2) is 10.7 Å². The van der Waals surface area contributed by atoms with E-state index >= 15 is 0 Å². The third-order valence-corrected chi connectivity index (χ3v) is 5.21. The first kappa shape index (κ1) is 24.0. The summed E-state index contributed by atoms with van der Waals surface area (Å²) in [6, 6.07) is 0. The number of unbranched alkanes of at least 4 members (excludes halogenated alkanes) is 15. The lowest BCUT2D eigenvalue weighted by Crippen LogP contribution is -2.23. The predicted octanol–water partition coefficient (Wildman–Crippen LogP) is 8.00. The quantitative estimate of drug-likeness (QED) is 0.236. The number of hydrogen-bond donors (Lipinski definition) is 1. The Morgan fingerprint density at radius 1 is 0.500 bits per heavy atom. The normalized spacial score (nSPS) is 14.0. The van der Waals surface area contributed by atoms with E-state index in [1.165, 1.54) is 96.3 Å². The van der Waals surface area contributed by atoms with Crippen LogP contribution in [0.1, 0.15) is 136 Å². The van der Waals surface area contributed by atoms with Gasteiger partial charge >= 0.3 is 0 Å². The number of hydrogen-bond acceptors (Lipinski definition) is 1. The third-order valence-electron chi connectivity index (χ3n) is 5.21. The standard InChI is InChI=1S/C23H47O/c1-4-6-7-8-9-10-11-12-13-14-15-16-17-18-19-20-22-23(3,24)21-5-2/h24H,3-22H2,1-2H3. The van der Waals surface area contributed by atoms with Crippen LogP contribution in [0.25, 0.3) is 0 Å². The summed E-state index contributed by atoms with van der Waals surface area (Å²) in [7, 11) is 0. The van der Waals surface area contributed by atoms with E-state index in [2.05, 4.69) is 20.8 Å². The minimum atomic E-state index is -0.662. The maximum Gasteiger partial charge on any atom is 0.0648 e. The molecule has 0 rings (SSSR count). The van der Waals surface area contributed by atoms with E-state index in [1.807, 2.05) is 0 Å². The van der Waals surface area contributed by atoms with Gasteiger partial charge in [0.25, 0.3) is 0 Å². The molecular formula is C23H47O. The largest absolute Gasteiger partial charge is 0.390 e. The Morgan fingerprint density at radius 2 is 0.833 bits per heavy atom. The van der Waals surface area contributed by atoms with E-state index in [1.54, 1.807) is 0 Å². The van der Waals surface area contributed by atoms with Crippen LogP contribution in [0, 0.1) is 6.92 Å². The van der Waals surface area contributed by atoms with Crippen LogP contribution in [-0.2, 0) is 0 Å². The van der Waals surface area contributed by atoms with Crippen molar-refractivity contribution >= 4 is 0 Å². The molecule has 0 spiro atoms. The van der Waals surface area contributed by atoms with Crippen LogP contribution >= 0.6 is 0 Å². The molecule has 0 aliphatic rings. The maximum atomic E-state index is 10.0. The van der Waals surface area contributed by atoms with Crippen LogP contribution in [0.2, 0.25) is 0 Å². The molecular weight excluding hydrogens is 292 g/mol. The Morgan fingerprint density at radius 3 is 1.17 bits per heavy atom. The monoisotopic (exact) mass is 339 g/mol. The molecule has 0 saturated heterocycles. The summed E-state index contributed by atoms with van der Waals surface area (Å²) in [6.45, 7) is 8.32. The van der Waals surface area contributed by atoms with Crippen LogP contribution in [0.15, 0.2) is 0 Å². The zero-order chi connectivity index (χ0) is 17.9. The van der Waals surface area contributed by atoms with Gasteiger partial charge in [-0.15, -0.1) is 0 Å². The summed E-state index contributed by atoms with van der Waals surface area (Å²) < 4.78 is 0. The van der Waals surface area contributed by atoms with Crippen LogP contribution in [0.3, 0.4) is 0 Å². The van der Waals surface area contributed by atoms with Gasteiger partial charge in [0.15, 0.2) is 0 Å². The van der Waals surface area contributed by atoms with Crippen molar-refractivity contribution in [2.45, 2.75) is 141 Å². The summed E-state index contributed by atoms with van der Waals surface area (Å²) in [5, 5.41) is 10.0. The van der Waals surface area contributed by atoms with Crippen molar-refractivity contribution in [2.75, 3.05) is 0 Å². The number of aliphatic hydroxyl groups is 1. The van der Waals surface area contributed by atoms with Gasteiger partial charge in [0, 0.05) is 0 Å². The second kappa shape index (κ2) is 17.8. The van der Waals surface area contributed by atoms with Crippen molar-refractivity contribution in [3.8, 4) is 0 Å². The molecule has 1 unspecified atom stereocenters. The zero-order valence-electron chi connectivity index (χ0n) is 17.1. The summed E-state index contributed by atoms with van der Waals surface area (Å²) in [5.74, 6) is 0. The van der Waals surface area contributed by atoms with E-state index in [4.69, 9.17) is 0 Å². The van der Waals surface area contributed by atoms with Gasteiger partial charge in [-0.3, -0.25) is 0 Å². The molecule has 1 nitrogen and oxygen atoms in total. The highest BCUT2D eigenvalue weighted by Crippen LogP contribution is 2.20. The lowest BCUT2D eigenvalue weighted by Gasteiger charge is -2.22. The minimum Gasteiger partial charge on any atom is -0.390 e. The van der Waals surface area contributed by atoms with E-state index in [9.17, 15) is 5.11 Å². The van der Waals surface area contributed by atoms with Crippen molar-refractivity contribution in [1.82, 2.24) is 0 Å². The molecule has 145 valence electrons. The molecule has 0 aromatic heterocycles. The van der Waals surface area contributed by atoms with E-state index in [0.717, 1.165) is 25.7 Å². The first-order valence-electron chi connectivity index (χ1n) is 11.2. The molecule has 1 atom stereocenters. The van der Waals surface area contributed by atoms with Crippen molar-refractivity contribution in [3.05, 3.63) is 6.92 Å². The van der Waals surface area contributed by atoms with Crippen LogP contribution in [0.5, 0.6) is 0 Å². The Hall–Kier alpha value is -0.0400. The molecule has 1 heteroatoms. The Balaban J connectivity index is 3.10. The van der Waals surface area contributed by atoms with Crippen LogP contribution in [0.4, 0.5) is 0 Å². The highest BCUT2D eigenvalue weighted by molar-refractivity contribution is 4.80. The zero-order valence-corrected chi connectivity index (χ0v) is 17.1. The molecule has 0 aromatic carbocycles. The lowest BCUT2D eigenvalue weighted by atomic mass is 9.93. The molecule has 24 heavy (non-hydrogen) atoms. The SMILES string of the molecule is [CH2]C(O)(CCC)CCCCCCCCCCCCCCCCCC. The Kier molecular flexibility index (Phi) is 17.7. The highest BCUT2D eigenvalue weighted by atomic mass is 16.3. The van der Waals surface area contributed by atoms with Gasteiger partial charge in [-0.1, -0.05) is 123 Å². The molecule has 1 radical (unpaired) electrons. The summed E-state index contributed by atoms with van der Waals surface area (Å²) in [6.07, 6.45) is 25.1. The molecule has 0 aliphatic heterocycles. The predicted molar refractivity (Wildman–Crippen MR) is 109 cm³/mol. The highest BCUT2D eigenvalue weighted by Gasteiger charge is 2.17. The van der Waals surface area contributed by atoms with Crippen molar-refractivity contribution in [1.29, 1.82) is 0 Å². The molecule has 0 aromatic rings. The lowest BCUT2D eigenvalue weighted by molar-refractivity contribution is 0.0655. The average Bonchev–Trinajstić information content (AvgIpc) is 2.54. The summed E-state index contributed by atoms with van der Waals surface area (Å²) in [4.78, 5) is 0. The maximum absolute atomic E-state index is 10.0. The second-order valence-corrected chi connectivity index (χ2v) is 8.03. The molecule has 1 N–H and O–H groups in total. The van der Waals surface area contributed by atoms with E-state index in [-0.39, 0.29) is 0 Å². The Bertz CT molecular complexity index is 234. The van der Waals surface area contributed by atoms with Gasteiger partial charge in [0.2, 0.25) is 0 Å². The minimum absolute atomic E-state index is 0.662. The Labute approximate surface area is 154 Å². The first-order chi connectivity index (χ1) is 11.6. The van der Waals surface area contributed by atoms with E-state index in [0.29, 0.717) is 0 Å². The summed E-state index contributed by atoms with van der Waals surface area (Å²) in [5.41, 5.74) is -0.662. The second-order valence-electron chi connectivity index (χ2n) is 8.03. The van der Waals surface area contributed by atoms with Gasteiger partial charge in [0.1, 0.15) is 0 Å². The van der Waals surface area contributed by atoms with Crippen molar-refractivity contribution < 1.29 is 5.11 Å². The topological polar surface area (TPSA) is 20.2 Å².